The monoisotopic (exact) mass is 284 g/mol. The molecular weight excluding hydrogens is 268 g/mol. The molecule has 2 rings (SSSR count). The van der Waals surface area contributed by atoms with Crippen LogP contribution in [0, 0.1) is 5.92 Å². The van der Waals surface area contributed by atoms with E-state index in [1.807, 2.05) is 0 Å². The van der Waals surface area contributed by atoms with Crippen molar-refractivity contribution in [3.63, 3.8) is 0 Å². The number of carboxylic acids is 1. The largest absolute Gasteiger partial charge is 0.481 e. The standard InChI is InChI=1S/C12H16N2O4S/c1-7(12(16)17)5-13-10(15)8-6-19-11(14-8)9-3-2-4-18-9/h6-7,9H,2-5H2,1H3,(H,13,15)(H,16,17). The van der Waals surface area contributed by atoms with Gasteiger partial charge in [0.05, 0.1) is 5.92 Å². The molecule has 2 atom stereocenters. The van der Waals surface area contributed by atoms with E-state index in [9.17, 15) is 9.59 Å². The summed E-state index contributed by atoms with van der Waals surface area (Å²) in [6.45, 7) is 2.38. The van der Waals surface area contributed by atoms with Crippen LogP contribution in [-0.4, -0.2) is 35.1 Å². The fourth-order valence-electron chi connectivity index (χ4n) is 1.74. The highest BCUT2D eigenvalue weighted by molar-refractivity contribution is 7.09. The van der Waals surface area contributed by atoms with Crippen molar-refractivity contribution >= 4 is 23.2 Å². The Bertz CT molecular complexity index is 468. The third-order valence-corrected chi connectivity index (χ3v) is 3.89. The first kappa shape index (κ1) is 14.0. The molecule has 1 aromatic heterocycles. The molecule has 1 aromatic rings. The van der Waals surface area contributed by atoms with Crippen LogP contribution in [0.2, 0.25) is 0 Å². The Labute approximate surface area is 114 Å². The van der Waals surface area contributed by atoms with Crippen molar-refractivity contribution < 1.29 is 19.4 Å². The van der Waals surface area contributed by atoms with E-state index in [1.165, 1.54) is 11.3 Å². The highest BCUT2D eigenvalue weighted by atomic mass is 32.1. The minimum atomic E-state index is -0.932. The van der Waals surface area contributed by atoms with Gasteiger partial charge in [0, 0.05) is 18.5 Å². The molecule has 6 nitrogen and oxygen atoms in total. The quantitative estimate of drug-likeness (QED) is 0.854. The van der Waals surface area contributed by atoms with Gasteiger partial charge >= 0.3 is 5.97 Å². The topological polar surface area (TPSA) is 88.5 Å². The molecule has 0 saturated carbocycles. The van der Waals surface area contributed by atoms with Crippen LogP contribution < -0.4 is 5.32 Å². The number of aliphatic carboxylic acids is 1. The SMILES string of the molecule is CC(CNC(=O)c1csc(C2CCCO2)n1)C(=O)O. The van der Waals surface area contributed by atoms with Crippen LogP contribution in [0.4, 0.5) is 0 Å². The zero-order valence-electron chi connectivity index (χ0n) is 10.6. The zero-order valence-corrected chi connectivity index (χ0v) is 11.4. The summed E-state index contributed by atoms with van der Waals surface area (Å²) in [5, 5.41) is 13.8. The lowest BCUT2D eigenvalue weighted by Gasteiger charge is -2.07. The minimum absolute atomic E-state index is 0.00416. The van der Waals surface area contributed by atoms with Gasteiger partial charge in [0.1, 0.15) is 16.8 Å². The molecule has 7 heteroatoms. The summed E-state index contributed by atoms with van der Waals surface area (Å²) < 4.78 is 5.50. The maximum absolute atomic E-state index is 11.8. The van der Waals surface area contributed by atoms with Crippen molar-refractivity contribution in [2.45, 2.75) is 25.9 Å². The van der Waals surface area contributed by atoms with Crippen molar-refractivity contribution in [2.24, 2.45) is 5.92 Å². The Morgan fingerprint density at radius 2 is 2.47 bits per heavy atom. The molecule has 2 unspecified atom stereocenters. The zero-order chi connectivity index (χ0) is 13.8. The summed E-state index contributed by atoms with van der Waals surface area (Å²) in [6, 6.07) is 0. The summed E-state index contributed by atoms with van der Waals surface area (Å²) in [4.78, 5) is 26.7. The minimum Gasteiger partial charge on any atom is -0.481 e. The third-order valence-electron chi connectivity index (χ3n) is 2.95. The van der Waals surface area contributed by atoms with Crippen molar-refractivity contribution in [1.82, 2.24) is 10.3 Å². The second kappa shape index (κ2) is 6.12. The Morgan fingerprint density at radius 3 is 3.11 bits per heavy atom. The number of nitrogens with one attached hydrogen (secondary N) is 1. The average molecular weight is 284 g/mol. The first-order valence-electron chi connectivity index (χ1n) is 6.16. The maximum atomic E-state index is 11.8. The molecule has 1 amide bonds. The number of carbonyl (C=O) groups is 2. The van der Waals surface area contributed by atoms with Crippen molar-refractivity contribution in [3.8, 4) is 0 Å². The smallest absolute Gasteiger partial charge is 0.308 e. The van der Waals surface area contributed by atoms with Crippen LogP contribution in [0.15, 0.2) is 5.38 Å². The van der Waals surface area contributed by atoms with Gasteiger partial charge in [0.2, 0.25) is 0 Å². The predicted octanol–water partition coefficient (Wildman–Crippen LogP) is 1.45. The Balaban J connectivity index is 1.90. The van der Waals surface area contributed by atoms with E-state index in [1.54, 1.807) is 12.3 Å². The fourth-order valence-corrected chi connectivity index (χ4v) is 2.62. The second-order valence-electron chi connectivity index (χ2n) is 4.52. The Morgan fingerprint density at radius 1 is 1.68 bits per heavy atom. The summed E-state index contributed by atoms with van der Waals surface area (Å²) in [6.07, 6.45) is 1.96. The number of rotatable bonds is 5. The van der Waals surface area contributed by atoms with Crippen molar-refractivity contribution in [2.75, 3.05) is 13.2 Å². The van der Waals surface area contributed by atoms with E-state index >= 15 is 0 Å². The van der Waals surface area contributed by atoms with E-state index in [-0.39, 0.29) is 18.6 Å². The first-order chi connectivity index (χ1) is 9.08. The normalized spacial score (nSPS) is 20.2. The van der Waals surface area contributed by atoms with Gasteiger partial charge in [-0.05, 0) is 12.8 Å². The van der Waals surface area contributed by atoms with Crippen LogP contribution in [0.1, 0.15) is 41.4 Å². The molecule has 0 spiro atoms. The molecule has 1 saturated heterocycles. The van der Waals surface area contributed by atoms with Crippen LogP contribution in [0.3, 0.4) is 0 Å². The molecule has 1 aliphatic heterocycles. The summed E-state index contributed by atoms with van der Waals surface area (Å²) >= 11 is 1.40. The van der Waals surface area contributed by atoms with Gasteiger partial charge in [-0.1, -0.05) is 6.92 Å². The maximum Gasteiger partial charge on any atom is 0.308 e. The number of aromatic nitrogens is 1. The van der Waals surface area contributed by atoms with Gasteiger partial charge in [-0.15, -0.1) is 11.3 Å². The number of hydrogen-bond donors (Lipinski definition) is 2. The predicted molar refractivity (Wildman–Crippen MR) is 69.2 cm³/mol. The molecule has 1 aliphatic rings. The van der Waals surface area contributed by atoms with E-state index < -0.39 is 11.9 Å². The van der Waals surface area contributed by atoms with Crippen molar-refractivity contribution in [3.05, 3.63) is 16.1 Å². The van der Waals surface area contributed by atoms with E-state index in [0.717, 1.165) is 24.5 Å². The second-order valence-corrected chi connectivity index (χ2v) is 5.41. The third kappa shape index (κ3) is 3.51. The number of carboxylic acid groups (broad SMARTS) is 1. The molecule has 104 valence electrons. The lowest BCUT2D eigenvalue weighted by molar-refractivity contribution is -0.140. The number of carbonyl (C=O) groups excluding carboxylic acids is 1. The average Bonchev–Trinajstić information content (AvgIpc) is 3.04. The van der Waals surface area contributed by atoms with Crippen LogP contribution in [0.25, 0.3) is 0 Å². The Hall–Kier alpha value is -1.47. The first-order valence-corrected chi connectivity index (χ1v) is 7.04. The number of thiazole rings is 1. The molecular formula is C12H16N2O4S. The van der Waals surface area contributed by atoms with Crippen LogP contribution >= 0.6 is 11.3 Å². The highest BCUT2D eigenvalue weighted by Gasteiger charge is 2.22. The van der Waals surface area contributed by atoms with Gasteiger partial charge in [0.25, 0.3) is 5.91 Å². The number of nitrogens with zero attached hydrogens (tertiary/aromatic N) is 1. The number of ether oxygens (including phenoxy) is 1. The van der Waals surface area contributed by atoms with E-state index in [0.29, 0.717) is 5.69 Å². The molecule has 0 radical (unpaired) electrons. The Kier molecular flexibility index (Phi) is 4.49. The van der Waals surface area contributed by atoms with Gasteiger partial charge in [-0.25, -0.2) is 4.98 Å². The summed E-state index contributed by atoms with van der Waals surface area (Å²) in [7, 11) is 0. The fraction of sp³-hybridized carbons (Fsp3) is 0.583. The molecule has 0 aromatic carbocycles. The molecule has 2 heterocycles. The summed E-state index contributed by atoms with van der Waals surface area (Å²) in [5.41, 5.74) is 0.327. The lowest BCUT2D eigenvalue weighted by Crippen LogP contribution is -2.31. The molecule has 1 fully saturated rings. The highest BCUT2D eigenvalue weighted by Crippen LogP contribution is 2.30. The van der Waals surface area contributed by atoms with E-state index in [4.69, 9.17) is 9.84 Å². The van der Waals surface area contributed by atoms with Crippen molar-refractivity contribution in [1.29, 1.82) is 0 Å². The number of amides is 1. The van der Waals surface area contributed by atoms with Crippen LogP contribution in [0.5, 0.6) is 0 Å². The van der Waals surface area contributed by atoms with Gasteiger partial charge in [0.15, 0.2) is 0 Å². The molecule has 19 heavy (non-hydrogen) atoms. The number of hydrogen-bond acceptors (Lipinski definition) is 5. The van der Waals surface area contributed by atoms with E-state index in [2.05, 4.69) is 10.3 Å². The van der Waals surface area contributed by atoms with Gasteiger partial charge in [-0.3, -0.25) is 9.59 Å². The summed E-state index contributed by atoms with van der Waals surface area (Å²) in [5.74, 6) is -1.88. The lowest BCUT2D eigenvalue weighted by atomic mass is 10.2. The molecule has 0 aliphatic carbocycles. The van der Waals surface area contributed by atoms with Gasteiger partial charge < -0.3 is 15.2 Å². The van der Waals surface area contributed by atoms with Gasteiger partial charge in [-0.2, -0.15) is 0 Å². The molecule has 2 N–H and O–H groups in total. The molecule has 0 bridgehead atoms. The van der Waals surface area contributed by atoms with Crippen LogP contribution in [-0.2, 0) is 9.53 Å².